The Kier molecular flexibility index (Phi) is 1.84. The fourth-order valence-corrected chi connectivity index (χ4v) is 2.04. The van der Waals surface area contributed by atoms with E-state index in [1.807, 2.05) is 29.9 Å². The van der Waals surface area contributed by atoms with E-state index in [4.69, 9.17) is 0 Å². The lowest BCUT2D eigenvalue weighted by Crippen LogP contribution is -1.85. The van der Waals surface area contributed by atoms with Gasteiger partial charge >= 0.3 is 0 Å². The zero-order valence-corrected chi connectivity index (χ0v) is 7.99. The first-order valence-electron chi connectivity index (χ1n) is 3.88. The maximum absolute atomic E-state index is 10.9. The van der Waals surface area contributed by atoms with Gasteiger partial charge in [-0.3, -0.25) is 0 Å². The molecule has 2 rings (SSSR count). The Morgan fingerprint density at radius 1 is 1.23 bits per heavy atom. The van der Waals surface area contributed by atoms with Crippen molar-refractivity contribution in [3.05, 3.63) is 30.5 Å². The molecule has 0 spiro atoms. The van der Waals surface area contributed by atoms with Crippen LogP contribution in [0.4, 0.5) is 0 Å². The van der Waals surface area contributed by atoms with Crippen LogP contribution in [-0.2, 0) is 17.8 Å². The Labute approximate surface area is 77.6 Å². The van der Waals surface area contributed by atoms with Gasteiger partial charge in [-0.25, -0.2) is 8.42 Å². The third-order valence-electron chi connectivity index (χ3n) is 2.10. The van der Waals surface area contributed by atoms with Crippen LogP contribution < -0.4 is 0 Å². The molecule has 0 saturated carbocycles. The lowest BCUT2D eigenvalue weighted by atomic mass is 10.2. The van der Waals surface area contributed by atoms with Crippen molar-refractivity contribution in [1.82, 2.24) is 4.57 Å². The minimum Gasteiger partial charge on any atom is -0.351 e. The molecule has 0 N–H and O–H groups in total. The van der Waals surface area contributed by atoms with Crippen molar-refractivity contribution in [2.75, 3.05) is 0 Å². The molecule has 0 fully saturated rings. The predicted molar refractivity (Wildman–Crippen MR) is 51.5 cm³/mol. The minimum atomic E-state index is -2.50. The van der Waals surface area contributed by atoms with Crippen LogP contribution in [0.15, 0.2) is 35.4 Å². The third-order valence-corrected chi connectivity index (χ3v) is 2.88. The first kappa shape index (κ1) is 8.31. The van der Waals surface area contributed by atoms with Crippen LogP contribution in [0, 0.1) is 0 Å². The van der Waals surface area contributed by atoms with Crippen LogP contribution in [0.25, 0.3) is 10.9 Å². The normalized spacial score (nSPS) is 11.2. The molecule has 68 valence electrons. The van der Waals surface area contributed by atoms with Crippen molar-refractivity contribution in [2.24, 2.45) is 7.05 Å². The van der Waals surface area contributed by atoms with E-state index in [0.29, 0.717) is 4.90 Å². The van der Waals surface area contributed by atoms with E-state index >= 15 is 0 Å². The van der Waals surface area contributed by atoms with Crippen molar-refractivity contribution in [3.63, 3.8) is 0 Å². The van der Waals surface area contributed by atoms with Crippen LogP contribution in [0.3, 0.4) is 0 Å². The van der Waals surface area contributed by atoms with Crippen LogP contribution in [-0.4, -0.2) is 13.0 Å². The van der Waals surface area contributed by atoms with Crippen LogP contribution >= 0.6 is 0 Å². The summed E-state index contributed by atoms with van der Waals surface area (Å²) >= 11 is 0. The molecule has 1 aromatic carbocycles. The van der Waals surface area contributed by atoms with Gasteiger partial charge in [-0.1, -0.05) is 6.07 Å². The maximum Gasteiger partial charge on any atom is 0.168 e. The van der Waals surface area contributed by atoms with E-state index in [1.165, 1.54) is 0 Å². The summed E-state index contributed by atoms with van der Waals surface area (Å²) in [6.07, 6.45) is 1.85. The first-order valence-corrected chi connectivity index (χ1v) is 5.06. The van der Waals surface area contributed by atoms with Gasteiger partial charge in [0.05, 0.1) is 4.90 Å². The van der Waals surface area contributed by atoms with E-state index in [1.54, 1.807) is 12.1 Å². The van der Waals surface area contributed by atoms with Crippen molar-refractivity contribution >= 4 is 21.6 Å². The summed E-state index contributed by atoms with van der Waals surface area (Å²) in [5.41, 5.74) is 0.941. The van der Waals surface area contributed by atoms with Crippen LogP contribution in [0.1, 0.15) is 0 Å². The minimum absolute atomic E-state index is 0.396. The van der Waals surface area contributed by atoms with E-state index in [2.05, 4.69) is 0 Å². The molecule has 2 aromatic rings. The third kappa shape index (κ3) is 1.23. The zero-order chi connectivity index (χ0) is 9.42. The summed E-state index contributed by atoms with van der Waals surface area (Å²) in [6.45, 7) is 0. The van der Waals surface area contributed by atoms with Crippen molar-refractivity contribution < 1.29 is 8.42 Å². The zero-order valence-electron chi connectivity index (χ0n) is 7.10. The average Bonchev–Trinajstić information content (AvgIpc) is 2.48. The van der Waals surface area contributed by atoms with Crippen molar-refractivity contribution in [1.29, 1.82) is 0 Å². The summed E-state index contributed by atoms with van der Waals surface area (Å²) in [6, 6.07) is 7.09. The molecule has 4 heteroatoms. The second kappa shape index (κ2) is 2.88. The van der Waals surface area contributed by atoms with Gasteiger partial charge in [0.1, 0.15) is 0 Å². The molecule has 3 nitrogen and oxygen atoms in total. The molecule has 0 radical (unpaired) electrons. The average molecular weight is 195 g/mol. The van der Waals surface area contributed by atoms with Crippen LogP contribution in [0.2, 0.25) is 0 Å². The topological polar surface area (TPSA) is 39.1 Å². The number of nitrogens with zero attached hydrogens (tertiary/aromatic N) is 1. The van der Waals surface area contributed by atoms with Gasteiger partial charge in [0.15, 0.2) is 10.7 Å². The maximum atomic E-state index is 10.9. The molecule has 1 aromatic heterocycles. The van der Waals surface area contributed by atoms with E-state index in [9.17, 15) is 8.42 Å². The van der Waals surface area contributed by atoms with E-state index in [0.717, 1.165) is 10.9 Å². The van der Waals surface area contributed by atoms with Gasteiger partial charge in [-0.05, 0) is 18.2 Å². The molecule has 0 amide bonds. The van der Waals surface area contributed by atoms with Crippen molar-refractivity contribution in [2.45, 2.75) is 4.90 Å². The fraction of sp³-hybridized carbons (Fsp3) is 0.111. The number of fused-ring (bicyclic) bond motifs is 1. The summed E-state index contributed by atoms with van der Waals surface area (Å²) in [7, 11) is -0.603. The summed E-state index contributed by atoms with van der Waals surface area (Å²) in [5, 5.41) is 0.793. The molecule has 0 unspecified atom stereocenters. The highest BCUT2D eigenvalue weighted by molar-refractivity contribution is 7.72. The highest BCUT2D eigenvalue weighted by Crippen LogP contribution is 2.19. The molecule has 0 bridgehead atoms. The molecule has 0 aliphatic heterocycles. The van der Waals surface area contributed by atoms with Gasteiger partial charge in [0.2, 0.25) is 0 Å². The lowest BCUT2D eigenvalue weighted by Gasteiger charge is -1.96. The number of rotatable bonds is 1. The van der Waals surface area contributed by atoms with Gasteiger partial charge < -0.3 is 4.57 Å². The van der Waals surface area contributed by atoms with Crippen LogP contribution in [0.5, 0.6) is 0 Å². The standard InChI is InChI=1S/C9H9NO2S/c1-10-6-5-7-8(10)3-2-4-9(7)13(11)12/h2-6,13H,1H3. The lowest BCUT2D eigenvalue weighted by molar-refractivity contribution is 0.615. The number of aryl methyl sites for hydroxylation is 1. The SMILES string of the molecule is Cn1ccc2c([SH](=O)=O)cccc21. The second-order valence-corrected chi connectivity index (χ2v) is 3.89. The van der Waals surface area contributed by atoms with Gasteiger partial charge in [0, 0.05) is 24.1 Å². The highest BCUT2D eigenvalue weighted by Gasteiger charge is 2.04. The monoisotopic (exact) mass is 195 g/mol. The summed E-state index contributed by atoms with van der Waals surface area (Å²) < 4.78 is 23.6. The Hall–Kier alpha value is -1.29. The van der Waals surface area contributed by atoms with E-state index in [-0.39, 0.29) is 0 Å². The number of hydrogen-bond donors (Lipinski definition) is 1. The first-order chi connectivity index (χ1) is 6.20. The molecular weight excluding hydrogens is 186 g/mol. The molecule has 0 aliphatic rings. The Morgan fingerprint density at radius 2 is 2.00 bits per heavy atom. The number of thiol groups is 1. The Balaban J connectivity index is 2.92. The quantitative estimate of drug-likeness (QED) is 0.693. The molecular formula is C9H9NO2S. The Bertz CT molecular complexity index is 517. The smallest absolute Gasteiger partial charge is 0.168 e. The summed E-state index contributed by atoms with van der Waals surface area (Å²) in [4.78, 5) is 0.396. The Morgan fingerprint density at radius 3 is 2.69 bits per heavy atom. The number of benzene rings is 1. The van der Waals surface area contributed by atoms with Crippen molar-refractivity contribution in [3.8, 4) is 0 Å². The summed E-state index contributed by atoms with van der Waals surface area (Å²) in [5.74, 6) is 0. The number of aromatic nitrogens is 1. The van der Waals surface area contributed by atoms with Gasteiger partial charge in [-0.2, -0.15) is 0 Å². The number of hydrogen-bond acceptors (Lipinski definition) is 2. The predicted octanol–water partition coefficient (Wildman–Crippen LogP) is 1.15. The molecule has 13 heavy (non-hydrogen) atoms. The molecule has 1 heterocycles. The largest absolute Gasteiger partial charge is 0.351 e. The second-order valence-electron chi connectivity index (χ2n) is 2.89. The van der Waals surface area contributed by atoms with Gasteiger partial charge in [0.25, 0.3) is 0 Å². The highest BCUT2D eigenvalue weighted by atomic mass is 32.2. The fourth-order valence-electron chi connectivity index (χ4n) is 1.45. The molecule has 0 saturated heterocycles. The van der Waals surface area contributed by atoms with Gasteiger partial charge in [-0.15, -0.1) is 0 Å². The molecule has 0 atom stereocenters. The molecule has 0 aliphatic carbocycles. The van der Waals surface area contributed by atoms with E-state index < -0.39 is 10.7 Å².